The Labute approximate surface area is 83.3 Å². The van der Waals surface area contributed by atoms with Gasteiger partial charge in [0.05, 0.1) is 12.8 Å². The molecule has 5 nitrogen and oxygen atoms in total. The van der Waals surface area contributed by atoms with Crippen molar-refractivity contribution in [2.45, 2.75) is 25.8 Å². The molecule has 14 heavy (non-hydrogen) atoms. The third-order valence-electron chi connectivity index (χ3n) is 1.76. The van der Waals surface area contributed by atoms with E-state index >= 15 is 0 Å². The molecular weight excluding hydrogens is 184 g/mol. The highest BCUT2D eigenvalue weighted by atomic mass is 16.5. The zero-order valence-electron chi connectivity index (χ0n) is 8.50. The summed E-state index contributed by atoms with van der Waals surface area (Å²) in [6, 6.07) is -0.459. The van der Waals surface area contributed by atoms with Crippen LogP contribution in [0, 0.1) is 5.41 Å². The van der Waals surface area contributed by atoms with E-state index in [9.17, 15) is 9.59 Å². The van der Waals surface area contributed by atoms with Gasteiger partial charge in [-0.1, -0.05) is 0 Å². The Morgan fingerprint density at radius 3 is 2.64 bits per heavy atom. The number of carbonyl (C=O) groups excluding carboxylic acids is 2. The van der Waals surface area contributed by atoms with Gasteiger partial charge in [0, 0.05) is 6.42 Å². The molecule has 0 saturated heterocycles. The Morgan fingerprint density at radius 2 is 2.21 bits per heavy atom. The quantitative estimate of drug-likeness (QED) is 0.452. The van der Waals surface area contributed by atoms with E-state index in [1.807, 2.05) is 0 Å². The van der Waals surface area contributed by atoms with E-state index in [2.05, 4.69) is 5.32 Å². The summed E-state index contributed by atoms with van der Waals surface area (Å²) in [7, 11) is 1.64. The standard InChI is InChI=1S/C9H16N2O3/c1-3-14-9(13)8(11-2)5-4-7(12)6-10/h6,8,10-11H,3-5H2,1-2H3. The van der Waals surface area contributed by atoms with Crippen LogP contribution >= 0.6 is 0 Å². The highest BCUT2D eigenvalue weighted by Crippen LogP contribution is 1.99. The van der Waals surface area contributed by atoms with Crippen molar-refractivity contribution in [1.82, 2.24) is 5.32 Å². The number of nitrogens with one attached hydrogen (secondary N) is 2. The minimum absolute atomic E-state index is 0.188. The fourth-order valence-corrected chi connectivity index (χ4v) is 0.982. The van der Waals surface area contributed by atoms with Gasteiger partial charge in [0.15, 0.2) is 5.78 Å². The number of Topliss-reactive ketones (excluding diaryl/α,β-unsaturated/α-hetero) is 1. The Hall–Kier alpha value is -1.23. The second kappa shape index (κ2) is 7.20. The molecule has 5 heteroatoms. The summed E-state index contributed by atoms with van der Waals surface area (Å²) in [5.74, 6) is -0.637. The van der Waals surface area contributed by atoms with Crippen LogP contribution in [0.1, 0.15) is 19.8 Å². The average molecular weight is 200 g/mol. The predicted molar refractivity (Wildman–Crippen MR) is 52.5 cm³/mol. The van der Waals surface area contributed by atoms with Crippen molar-refractivity contribution in [1.29, 1.82) is 5.41 Å². The van der Waals surface area contributed by atoms with Gasteiger partial charge in [-0.05, 0) is 20.4 Å². The van der Waals surface area contributed by atoms with Gasteiger partial charge >= 0.3 is 5.97 Å². The van der Waals surface area contributed by atoms with Crippen molar-refractivity contribution < 1.29 is 14.3 Å². The molecule has 80 valence electrons. The van der Waals surface area contributed by atoms with Crippen LogP contribution in [-0.4, -0.2) is 37.7 Å². The molecule has 0 rings (SSSR count). The summed E-state index contributed by atoms with van der Waals surface area (Å²) in [6.45, 7) is 2.06. The lowest BCUT2D eigenvalue weighted by molar-refractivity contribution is -0.145. The normalized spacial score (nSPS) is 11.9. The molecule has 0 saturated carbocycles. The van der Waals surface area contributed by atoms with Crippen molar-refractivity contribution in [3.63, 3.8) is 0 Å². The topological polar surface area (TPSA) is 79.2 Å². The van der Waals surface area contributed by atoms with E-state index in [-0.39, 0.29) is 18.2 Å². The van der Waals surface area contributed by atoms with Crippen LogP contribution in [-0.2, 0) is 14.3 Å². The van der Waals surface area contributed by atoms with E-state index in [1.54, 1.807) is 14.0 Å². The summed E-state index contributed by atoms with van der Waals surface area (Å²) in [4.78, 5) is 22.0. The third-order valence-corrected chi connectivity index (χ3v) is 1.76. The van der Waals surface area contributed by atoms with E-state index in [1.165, 1.54) is 0 Å². The van der Waals surface area contributed by atoms with Gasteiger partial charge in [-0.25, -0.2) is 0 Å². The molecule has 2 N–H and O–H groups in total. The number of likely N-dealkylation sites (N-methyl/N-ethyl adjacent to an activating group) is 1. The van der Waals surface area contributed by atoms with Crippen LogP contribution in [0.15, 0.2) is 0 Å². The average Bonchev–Trinajstić information content (AvgIpc) is 2.18. The Bertz CT molecular complexity index is 216. The molecule has 0 radical (unpaired) electrons. The predicted octanol–water partition coefficient (Wildman–Crippen LogP) is 0.136. The molecule has 1 atom stereocenters. The summed E-state index contributed by atoms with van der Waals surface area (Å²) in [5, 5.41) is 9.45. The van der Waals surface area contributed by atoms with Crippen LogP contribution < -0.4 is 5.32 Å². The molecule has 0 fully saturated rings. The first-order chi connectivity index (χ1) is 6.65. The molecule has 0 heterocycles. The Morgan fingerprint density at radius 1 is 1.57 bits per heavy atom. The van der Waals surface area contributed by atoms with Crippen LogP contribution in [0.25, 0.3) is 0 Å². The third kappa shape index (κ3) is 4.71. The lowest BCUT2D eigenvalue weighted by Gasteiger charge is -2.13. The fourth-order valence-electron chi connectivity index (χ4n) is 0.982. The van der Waals surface area contributed by atoms with Crippen LogP contribution in [0.4, 0.5) is 0 Å². The molecule has 0 bridgehead atoms. The maximum absolute atomic E-state index is 11.2. The lowest BCUT2D eigenvalue weighted by Crippen LogP contribution is -2.36. The van der Waals surface area contributed by atoms with Crippen molar-refractivity contribution in [3.05, 3.63) is 0 Å². The molecule has 0 aliphatic carbocycles. The molecule has 0 aromatic rings. The van der Waals surface area contributed by atoms with Crippen LogP contribution in [0.3, 0.4) is 0 Å². The first-order valence-corrected chi connectivity index (χ1v) is 4.52. The number of carbonyl (C=O) groups is 2. The molecule has 0 aliphatic rings. The summed E-state index contributed by atoms with van der Waals surface area (Å²) >= 11 is 0. The Balaban J connectivity index is 3.95. The zero-order chi connectivity index (χ0) is 11.0. The second-order valence-electron chi connectivity index (χ2n) is 2.74. The van der Waals surface area contributed by atoms with Crippen molar-refractivity contribution in [2.24, 2.45) is 0 Å². The van der Waals surface area contributed by atoms with E-state index in [4.69, 9.17) is 10.1 Å². The van der Waals surface area contributed by atoms with Crippen LogP contribution in [0.2, 0.25) is 0 Å². The van der Waals surface area contributed by atoms with Gasteiger partial charge in [-0.3, -0.25) is 9.59 Å². The minimum atomic E-state index is -0.459. The fraction of sp³-hybridized carbons (Fsp3) is 0.667. The minimum Gasteiger partial charge on any atom is -0.465 e. The highest BCUT2D eigenvalue weighted by Gasteiger charge is 2.17. The maximum Gasteiger partial charge on any atom is 0.323 e. The van der Waals surface area contributed by atoms with E-state index in [0.717, 1.165) is 6.21 Å². The van der Waals surface area contributed by atoms with Crippen LogP contribution in [0.5, 0.6) is 0 Å². The summed E-state index contributed by atoms with van der Waals surface area (Å²) in [6.07, 6.45) is 1.31. The molecule has 0 aromatic heterocycles. The molecule has 0 spiro atoms. The highest BCUT2D eigenvalue weighted by molar-refractivity contribution is 6.26. The first kappa shape index (κ1) is 12.8. The Kier molecular flexibility index (Phi) is 6.57. The lowest BCUT2D eigenvalue weighted by atomic mass is 10.1. The van der Waals surface area contributed by atoms with Crippen molar-refractivity contribution in [3.8, 4) is 0 Å². The first-order valence-electron chi connectivity index (χ1n) is 4.52. The zero-order valence-corrected chi connectivity index (χ0v) is 8.50. The molecule has 0 amide bonds. The summed E-state index contributed by atoms with van der Waals surface area (Å²) < 4.78 is 4.79. The van der Waals surface area contributed by atoms with E-state index < -0.39 is 6.04 Å². The number of rotatable bonds is 7. The van der Waals surface area contributed by atoms with Gasteiger partial charge in [0.2, 0.25) is 0 Å². The van der Waals surface area contributed by atoms with Gasteiger partial charge in [-0.15, -0.1) is 0 Å². The number of hydrogen-bond donors (Lipinski definition) is 2. The molecule has 0 aromatic carbocycles. The number of esters is 1. The van der Waals surface area contributed by atoms with Crippen molar-refractivity contribution in [2.75, 3.05) is 13.7 Å². The maximum atomic E-state index is 11.2. The molecular formula is C9H16N2O3. The van der Waals surface area contributed by atoms with Gasteiger partial charge in [0.1, 0.15) is 6.04 Å². The second-order valence-corrected chi connectivity index (χ2v) is 2.74. The largest absolute Gasteiger partial charge is 0.465 e. The summed E-state index contributed by atoms with van der Waals surface area (Å²) in [5.41, 5.74) is 0. The van der Waals surface area contributed by atoms with Gasteiger partial charge in [0.25, 0.3) is 0 Å². The SMILES string of the molecule is CCOC(=O)C(CCC(=O)C=N)NC. The van der Waals surface area contributed by atoms with Gasteiger partial charge in [-0.2, -0.15) is 0 Å². The monoisotopic (exact) mass is 200 g/mol. The number of hydrogen-bond acceptors (Lipinski definition) is 5. The number of ether oxygens (including phenoxy) is 1. The van der Waals surface area contributed by atoms with E-state index in [0.29, 0.717) is 13.0 Å². The van der Waals surface area contributed by atoms with Crippen molar-refractivity contribution >= 4 is 18.0 Å². The number of ketones is 1. The molecule has 0 aliphatic heterocycles. The van der Waals surface area contributed by atoms with Gasteiger partial charge < -0.3 is 15.5 Å². The smallest absolute Gasteiger partial charge is 0.323 e. The molecule has 1 unspecified atom stereocenters.